The fourth-order valence-corrected chi connectivity index (χ4v) is 4.82. The SMILES string of the molecule is CC[C@H](C(=O)N(Cc1ccccc1)Cc1cc(NC(=O)C2CCC2)ccc1N(C)C)c1ccccc1. The van der Waals surface area contributed by atoms with Crippen LogP contribution in [-0.4, -0.2) is 30.8 Å². The molecule has 0 aliphatic heterocycles. The van der Waals surface area contributed by atoms with Gasteiger partial charge < -0.3 is 15.1 Å². The number of nitrogens with one attached hydrogen (secondary N) is 1. The van der Waals surface area contributed by atoms with Crippen LogP contribution in [0.1, 0.15) is 55.2 Å². The molecule has 0 bridgehead atoms. The van der Waals surface area contributed by atoms with Crippen LogP contribution in [0.15, 0.2) is 78.9 Å². The van der Waals surface area contributed by atoms with Crippen LogP contribution in [0.2, 0.25) is 0 Å². The summed E-state index contributed by atoms with van der Waals surface area (Å²) in [5.41, 5.74) is 4.97. The minimum atomic E-state index is -0.209. The van der Waals surface area contributed by atoms with E-state index in [1.54, 1.807) is 0 Å². The van der Waals surface area contributed by atoms with Crippen molar-refractivity contribution in [1.29, 1.82) is 0 Å². The smallest absolute Gasteiger partial charge is 0.230 e. The Kier molecular flexibility index (Phi) is 8.42. The molecular weight excluding hydrogens is 446 g/mol. The number of hydrogen-bond acceptors (Lipinski definition) is 3. The average Bonchev–Trinajstić information content (AvgIpc) is 2.84. The Morgan fingerprint density at radius 3 is 2.17 bits per heavy atom. The van der Waals surface area contributed by atoms with Crippen LogP contribution in [-0.2, 0) is 22.7 Å². The Bertz CT molecular complexity index is 1160. The van der Waals surface area contributed by atoms with Crippen LogP contribution >= 0.6 is 0 Å². The van der Waals surface area contributed by atoms with Crippen molar-refractivity contribution in [2.75, 3.05) is 24.3 Å². The van der Waals surface area contributed by atoms with E-state index in [0.29, 0.717) is 13.1 Å². The van der Waals surface area contributed by atoms with Crippen LogP contribution in [0.25, 0.3) is 0 Å². The van der Waals surface area contributed by atoms with Gasteiger partial charge in [-0.3, -0.25) is 9.59 Å². The molecule has 1 atom stereocenters. The molecule has 1 fully saturated rings. The molecule has 188 valence electrons. The van der Waals surface area contributed by atoms with Crippen LogP contribution in [0.3, 0.4) is 0 Å². The number of nitrogens with zero attached hydrogens (tertiary/aromatic N) is 2. The van der Waals surface area contributed by atoms with E-state index in [4.69, 9.17) is 0 Å². The molecule has 1 aliphatic rings. The van der Waals surface area contributed by atoms with Crippen LogP contribution in [0, 0.1) is 5.92 Å². The van der Waals surface area contributed by atoms with E-state index in [1.807, 2.05) is 85.7 Å². The number of carbonyl (C=O) groups excluding carboxylic acids is 2. The molecule has 0 unspecified atom stereocenters. The summed E-state index contributed by atoms with van der Waals surface area (Å²) in [5, 5.41) is 3.10. The maximum absolute atomic E-state index is 14.0. The highest BCUT2D eigenvalue weighted by Gasteiger charge is 2.27. The van der Waals surface area contributed by atoms with Gasteiger partial charge in [0.2, 0.25) is 11.8 Å². The zero-order valence-corrected chi connectivity index (χ0v) is 21.6. The molecule has 0 saturated heterocycles. The van der Waals surface area contributed by atoms with E-state index in [1.165, 1.54) is 0 Å². The predicted octanol–water partition coefficient (Wildman–Crippen LogP) is 6.21. The first kappa shape index (κ1) is 25.5. The lowest BCUT2D eigenvalue weighted by atomic mass is 9.85. The number of amides is 2. The third-order valence-corrected chi connectivity index (χ3v) is 7.10. The van der Waals surface area contributed by atoms with Gasteiger partial charge in [-0.1, -0.05) is 74.0 Å². The lowest BCUT2D eigenvalue weighted by Gasteiger charge is -2.30. The van der Waals surface area contributed by atoms with Gasteiger partial charge in [0, 0.05) is 44.5 Å². The summed E-state index contributed by atoms with van der Waals surface area (Å²) >= 11 is 0. The molecule has 0 heterocycles. The molecule has 3 aromatic carbocycles. The Balaban J connectivity index is 1.65. The Morgan fingerprint density at radius 2 is 1.58 bits per heavy atom. The largest absolute Gasteiger partial charge is 0.377 e. The zero-order chi connectivity index (χ0) is 25.5. The Hall–Kier alpha value is -3.60. The monoisotopic (exact) mass is 483 g/mol. The molecule has 4 rings (SSSR count). The molecule has 0 aromatic heterocycles. The van der Waals surface area contributed by atoms with Gasteiger partial charge in [0.25, 0.3) is 0 Å². The van der Waals surface area contributed by atoms with Crippen molar-refractivity contribution in [3.8, 4) is 0 Å². The molecule has 0 spiro atoms. The molecule has 5 nitrogen and oxygen atoms in total. The molecular formula is C31H37N3O2. The molecule has 5 heteroatoms. The molecule has 36 heavy (non-hydrogen) atoms. The lowest BCUT2D eigenvalue weighted by molar-refractivity contribution is -0.134. The predicted molar refractivity (Wildman–Crippen MR) is 147 cm³/mol. The van der Waals surface area contributed by atoms with Gasteiger partial charge in [-0.25, -0.2) is 0 Å². The number of carbonyl (C=O) groups is 2. The number of anilines is 2. The van der Waals surface area contributed by atoms with E-state index < -0.39 is 0 Å². The molecule has 1 aliphatic carbocycles. The maximum atomic E-state index is 14.0. The fourth-order valence-electron chi connectivity index (χ4n) is 4.82. The van der Waals surface area contributed by atoms with Crippen molar-refractivity contribution in [3.63, 3.8) is 0 Å². The third kappa shape index (κ3) is 6.14. The van der Waals surface area contributed by atoms with Crippen molar-refractivity contribution in [2.45, 2.75) is 51.6 Å². The summed E-state index contributed by atoms with van der Waals surface area (Å²) in [6, 6.07) is 26.2. The van der Waals surface area contributed by atoms with Crippen LogP contribution in [0.4, 0.5) is 11.4 Å². The van der Waals surface area contributed by atoms with E-state index in [0.717, 1.165) is 53.7 Å². The topological polar surface area (TPSA) is 52.7 Å². The summed E-state index contributed by atoms with van der Waals surface area (Å²) in [6.07, 6.45) is 3.78. The second kappa shape index (κ2) is 11.9. The summed E-state index contributed by atoms with van der Waals surface area (Å²) in [4.78, 5) is 30.6. The second-order valence-electron chi connectivity index (χ2n) is 9.91. The molecule has 2 amide bonds. The second-order valence-corrected chi connectivity index (χ2v) is 9.91. The summed E-state index contributed by atoms with van der Waals surface area (Å²) < 4.78 is 0. The zero-order valence-electron chi connectivity index (χ0n) is 21.6. The Labute approximate surface area is 215 Å². The van der Waals surface area contributed by atoms with Gasteiger partial charge in [-0.15, -0.1) is 0 Å². The van der Waals surface area contributed by atoms with Gasteiger partial charge in [0.05, 0.1) is 5.92 Å². The third-order valence-electron chi connectivity index (χ3n) is 7.10. The molecule has 0 radical (unpaired) electrons. The van der Waals surface area contributed by atoms with Gasteiger partial charge >= 0.3 is 0 Å². The maximum Gasteiger partial charge on any atom is 0.230 e. The lowest BCUT2D eigenvalue weighted by Crippen LogP contribution is -2.35. The highest BCUT2D eigenvalue weighted by atomic mass is 16.2. The van der Waals surface area contributed by atoms with Crippen molar-refractivity contribution in [1.82, 2.24) is 4.90 Å². The quantitative estimate of drug-likeness (QED) is 0.373. The standard InChI is InChI=1S/C31H37N3O2/c1-4-28(24-14-9-6-10-15-24)31(36)34(21-23-12-7-5-8-13-23)22-26-20-27(18-19-29(26)33(2)3)32-30(35)25-16-11-17-25/h5-10,12-15,18-20,25,28H,4,11,16-17,21-22H2,1-3H3,(H,32,35)/t28-/m0/s1. The average molecular weight is 484 g/mol. The van der Waals surface area contributed by atoms with Gasteiger partial charge in [0.1, 0.15) is 0 Å². The van der Waals surface area contributed by atoms with E-state index >= 15 is 0 Å². The van der Waals surface area contributed by atoms with Gasteiger partial charge in [0.15, 0.2) is 0 Å². The minimum absolute atomic E-state index is 0.0946. The van der Waals surface area contributed by atoms with Gasteiger partial charge in [-0.2, -0.15) is 0 Å². The van der Waals surface area contributed by atoms with Crippen molar-refractivity contribution < 1.29 is 9.59 Å². The van der Waals surface area contributed by atoms with Crippen molar-refractivity contribution in [2.24, 2.45) is 5.92 Å². The van der Waals surface area contributed by atoms with Crippen LogP contribution < -0.4 is 10.2 Å². The molecule has 3 aromatic rings. The highest BCUT2D eigenvalue weighted by Crippen LogP contribution is 2.31. The first-order chi connectivity index (χ1) is 17.5. The van der Waals surface area contributed by atoms with Crippen molar-refractivity contribution in [3.05, 3.63) is 95.6 Å². The number of rotatable bonds is 10. The first-order valence-corrected chi connectivity index (χ1v) is 12.9. The van der Waals surface area contributed by atoms with E-state index in [9.17, 15) is 9.59 Å². The summed E-state index contributed by atoms with van der Waals surface area (Å²) in [7, 11) is 4.02. The first-order valence-electron chi connectivity index (χ1n) is 12.9. The van der Waals surface area contributed by atoms with Crippen molar-refractivity contribution >= 4 is 23.2 Å². The highest BCUT2D eigenvalue weighted by molar-refractivity contribution is 5.93. The molecule has 1 N–H and O–H groups in total. The Morgan fingerprint density at radius 1 is 0.917 bits per heavy atom. The van der Waals surface area contributed by atoms with E-state index in [-0.39, 0.29) is 23.7 Å². The number of hydrogen-bond donors (Lipinski definition) is 1. The summed E-state index contributed by atoms with van der Waals surface area (Å²) in [5.74, 6) is 0.117. The van der Waals surface area contributed by atoms with Crippen LogP contribution in [0.5, 0.6) is 0 Å². The van der Waals surface area contributed by atoms with E-state index in [2.05, 4.69) is 29.3 Å². The molecule has 1 saturated carbocycles. The fraction of sp³-hybridized carbons (Fsp3) is 0.355. The normalized spacial score (nSPS) is 14.0. The minimum Gasteiger partial charge on any atom is -0.377 e. The number of benzene rings is 3. The van der Waals surface area contributed by atoms with Gasteiger partial charge in [-0.05, 0) is 54.2 Å². The summed E-state index contributed by atoms with van der Waals surface area (Å²) in [6.45, 7) is 3.05.